The Kier molecular flexibility index (Phi) is 5.85. The Bertz CT molecular complexity index is 1050. The summed E-state index contributed by atoms with van der Waals surface area (Å²) in [6.45, 7) is 0.907. The van der Waals surface area contributed by atoms with Gasteiger partial charge < -0.3 is 10.1 Å². The molecule has 0 spiro atoms. The van der Waals surface area contributed by atoms with Crippen molar-refractivity contribution < 1.29 is 17.9 Å². The number of para-hydroxylation sites is 1. The Morgan fingerprint density at radius 3 is 2.61 bits per heavy atom. The van der Waals surface area contributed by atoms with E-state index < -0.39 is 17.6 Å². The van der Waals surface area contributed by atoms with E-state index in [4.69, 9.17) is 16.3 Å². The van der Waals surface area contributed by atoms with Gasteiger partial charge in [0.25, 0.3) is 0 Å². The van der Waals surface area contributed by atoms with E-state index in [0.29, 0.717) is 19.6 Å². The Labute approximate surface area is 162 Å². The van der Waals surface area contributed by atoms with E-state index in [9.17, 15) is 18.0 Å². The molecule has 3 rings (SSSR count). The van der Waals surface area contributed by atoms with Crippen LogP contribution in [0.5, 0.6) is 0 Å². The molecule has 0 fully saturated rings. The number of nitrogens with zero attached hydrogens (tertiary/aromatic N) is 3. The highest BCUT2D eigenvalue weighted by Gasteiger charge is 2.33. The number of nitrogens with one attached hydrogen (secondary N) is 1. The quantitative estimate of drug-likeness (QED) is 0.622. The van der Waals surface area contributed by atoms with Crippen LogP contribution in [0.15, 0.2) is 41.2 Å². The first-order chi connectivity index (χ1) is 13.3. The molecule has 28 heavy (non-hydrogen) atoms. The number of pyridine rings is 1. The van der Waals surface area contributed by atoms with E-state index in [1.807, 2.05) is 0 Å². The second kappa shape index (κ2) is 8.15. The number of aromatic nitrogens is 3. The molecule has 6 nitrogen and oxygen atoms in total. The zero-order valence-electron chi connectivity index (χ0n) is 14.8. The molecule has 10 heteroatoms. The maximum atomic E-state index is 13.2. The van der Waals surface area contributed by atoms with Gasteiger partial charge in [-0.1, -0.05) is 23.7 Å². The van der Waals surface area contributed by atoms with E-state index in [-0.39, 0.29) is 27.6 Å². The summed E-state index contributed by atoms with van der Waals surface area (Å²) in [5.41, 5.74) is -1.89. The lowest BCUT2D eigenvalue weighted by molar-refractivity contribution is -0.141. The van der Waals surface area contributed by atoms with Gasteiger partial charge in [-0.25, -0.2) is 14.3 Å². The molecule has 1 aromatic carbocycles. The summed E-state index contributed by atoms with van der Waals surface area (Å²) in [7, 11) is 1.56. The van der Waals surface area contributed by atoms with Crippen molar-refractivity contribution in [3.05, 3.63) is 57.6 Å². The molecule has 0 aliphatic carbocycles. The van der Waals surface area contributed by atoms with Crippen LogP contribution >= 0.6 is 11.6 Å². The highest BCUT2D eigenvalue weighted by Crippen LogP contribution is 2.31. The Morgan fingerprint density at radius 1 is 1.18 bits per heavy atom. The molecule has 0 aliphatic heterocycles. The van der Waals surface area contributed by atoms with Crippen LogP contribution in [0.4, 0.5) is 19.0 Å². The van der Waals surface area contributed by atoms with Crippen molar-refractivity contribution in [3.8, 4) is 5.69 Å². The van der Waals surface area contributed by atoms with Gasteiger partial charge in [0.2, 0.25) is 0 Å². The van der Waals surface area contributed by atoms with Gasteiger partial charge in [0.05, 0.1) is 16.1 Å². The Morgan fingerprint density at radius 2 is 1.93 bits per heavy atom. The van der Waals surface area contributed by atoms with Crippen molar-refractivity contribution in [1.82, 2.24) is 14.5 Å². The fraction of sp³-hybridized carbons (Fsp3) is 0.278. The van der Waals surface area contributed by atoms with E-state index >= 15 is 0 Å². The van der Waals surface area contributed by atoms with Crippen LogP contribution in [0.1, 0.15) is 12.1 Å². The van der Waals surface area contributed by atoms with Crippen molar-refractivity contribution in [2.75, 3.05) is 25.6 Å². The fourth-order valence-corrected chi connectivity index (χ4v) is 2.89. The first-order valence-electron chi connectivity index (χ1n) is 8.31. The molecule has 0 unspecified atom stereocenters. The summed E-state index contributed by atoms with van der Waals surface area (Å²) in [4.78, 5) is 20.4. The van der Waals surface area contributed by atoms with Crippen LogP contribution in [-0.4, -0.2) is 34.8 Å². The number of rotatable bonds is 6. The van der Waals surface area contributed by atoms with Gasteiger partial charge in [0.1, 0.15) is 11.5 Å². The molecule has 0 saturated heterocycles. The number of methoxy groups -OCH3 is 1. The number of alkyl halides is 3. The van der Waals surface area contributed by atoms with Gasteiger partial charge in [0.15, 0.2) is 5.65 Å². The minimum Gasteiger partial charge on any atom is -0.385 e. The number of benzene rings is 1. The molecule has 0 saturated carbocycles. The molecule has 0 atom stereocenters. The second-order valence-corrected chi connectivity index (χ2v) is 6.28. The molecule has 1 N–H and O–H groups in total. The molecular formula is C18H16ClF3N4O2. The summed E-state index contributed by atoms with van der Waals surface area (Å²) in [5.74, 6) is 0.153. The molecule has 0 bridgehead atoms. The maximum Gasteiger partial charge on any atom is 0.433 e. The predicted molar refractivity (Wildman–Crippen MR) is 100 cm³/mol. The lowest BCUT2D eigenvalue weighted by Crippen LogP contribution is -2.25. The molecule has 0 radical (unpaired) electrons. The van der Waals surface area contributed by atoms with Crippen molar-refractivity contribution in [2.45, 2.75) is 12.6 Å². The molecule has 2 aromatic heterocycles. The molecule has 2 heterocycles. The van der Waals surface area contributed by atoms with Crippen LogP contribution in [0, 0.1) is 0 Å². The Hall–Kier alpha value is -2.65. The maximum absolute atomic E-state index is 13.2. The molecule has 0 aliphatic rings. The molecule has 0 amide bonds. The first kappa shape index (κ1) is 20.1. The molecule has 148 valence electrons. The minimum atomic E-state index is -4.66. The third kappa shape index (κ3) is 4.10. The van der Waals surface area contributed by atoms with Crippen molar-refractivity contribution in [3.63, 3.8) is 0 Å². The largest absolute Gasteiger partial charge is 0.433 e. The van der Waals surface area contributed by atoms with Crippen LogP contribution in [-0.2, 0) is 10.9 Å². The van der Waals surface area contributed by atoms with Crippen LogP contribution < -0.4 is 11.0 Å². The first-order valence-corrected chi connectivity index (χ1v) is 8.69. The number of ether oxygens (including phenoxy) is 1. The third-order valence-corrected chi connectivity index (χ3v) is 4.26. The van der Waals surface area contributed by atoms with Gasteiger partial charge in [-0.2, -0.15) is 18.2 Å². The normalized spacial score (nSPS) is 11.8. The fourth-order valence-electron chi connectivity index (χ4n) is 2.67. The van der Waals surface area contributed by atoms with Crippen LogP contribution in [0.2, 0.25) is 5.02 Å². The zero-order chi connectivity index (χ0) is 20.3. The van der Waals surface area contributed by atoms with Crippen LogP contribution in [0.25, 0.3) is 16.7 Å². The second-order valence-electron chi connectivity index (χ2n) is 5.87. The lowest BCUT2D eigenvalue weighted by Gasteiger charge is -2.15. The summed E-state index contributed by atoms with van der Waals surface area (Å²) in [6, 6.07) is 8.39. The van der Waals surface area contributed by atoms with Crippen molar-refractivity contribution >= 4 is 28.5 Å². The highest BCUT2D eigenvalue weighted by molar-refractivity contribution is 6.32. The van der Waals surface area contributed by atoms with Gasteiger partial charge >= 0.3 is 11.9 Å². The van der Waals surface area contributed by atoms with E-state index in [1.54, 1.807) is 19.2 Å². The van der Waals surface area contributed by atoms with Gasteiger partial charge in [0, 0.05) is 20.3 Å². The molecular weight excluding hydrogens is 397 g/mol. The van der Waals surface area contributed by atoms with Crippen LogP contribution in [0.3, 0.4) is 0 Å². The topological polar surface area (TPSA) is 69.0 Å². The minimum absolute atomic E-state index is 0.153. The summed E-state index contributed by atoms with van der Waals surface area (Å²) in [6.07, 6.45) is -4.04. The number of hydrogen-bond donors (Lipinski definition) is 1. The van der Waals surface area contributed by atoms with Crippen molar-refractivity contribution in [1.29, 1.82) is 0 Å². The summed E-state index contributed by atoms with van der Waals surface area (Å²) >= 11 is 6.15. The van der Waals surface area contributed by atoms with Gasteiger partial charge in [-0.15, -0.1) is 0 Å². The van der Waals surface area contributed by atoms with Crippen molar-refractivity contribution in [2.24, 2.45) is 0 Å². The predicted octanol–water partition coefficient (Wildman–Crippen LogP) is 3.90. The smallest absolute Gasteiger partial charge is 0.385 e. The Balaban J connectivity index is 2.23. The lowest BCUT2D eigenvalue weighted by atomic mass is 10.2. The SMILES string of the molecule is COCCCNc1nc(=O)n(-c2ccccc2Cl)c2nc(C(F)(F)F)ccc12. The number of anilines is 1. The van der Waals surface area contributed by atoms with E-state index in [2.05, 4.69) is 15.3 Å². The number of hydrogen-bond acceptors (Lipinski definition) is 5. The standard InChI is InChI=1S/C18H16ClF3N4O2/c1-28-10-4-9-23-15-11-7-8-14(18(20,21)22)24-16(11)26(17(27)25-15)13-6-3-2-5-12(13)19/h2-3,5-8H,4,9-10H2,1H3,(H,23,25,27). The van der Waals surface area contributed by atoms with E-state index in [0.717, 1.165) is 10.6 Å². The number of halogens is 4. The van der Waals surface area contributed by atoms with Gasteiger partial charge in [-0.05, 0) is 30.7 Å². The molecule has 3 aromatic rings. The summed E-state index contributed by atoms with van der Waals surface area (Å²) in [5, 5.41) is 3.41. The average Bonchev–Trinajstić information content (AvgIpc) is 2.65. The summed E-state index contributed by atoms with van der Waals surface area (Å²) < 4.78 is 45.5. The highest BCUT2D eigenvalue weighted by atomic mass is 35.5. The zero-order valence-corrected chi connectivity index (χ0v) is 15.5. The monoisotopic (exact) mass is 412 g/mol. The van der Waals surface area contributed by atoms with E-state index in [1.165, 1.54) is 18.2 Å². The van der Waals surface area contributed by atoms with Gasteiger partial charge in [-0.3, -0.25) is 0 Å². The third-order valence-electron chi connectivity index (χ3n) is 3.94. The average molecular weight is 413 g/mol. The number of fused-ring (bicyclic) bond motifs is 1.